The van der Waals surface area contributed by atoms with Crippen molar-refractivity contribution in [3.8, 4) is 0 Å². The Kier molecular flexibility index (Phi) is 5.37. The molecule has 2 N–H and O–H groups in total. The fraction of sp³-hybridized carbons (Fsp3) is 0.400. The van der Waals surface area contributed by atoms with Crippen molar-refractivity contribution in [3.05, 3.63) is 20.8 Å². The maximum atomic E-state index is 12.1. The average Bonchev–Trinajstić information content (AvgIpc) is 2.64. The van der Waals surface area contributed by atoms with Gasteiger partial charge in [0.2, 0.25) is 0 Å². The lowest BCUT2D eigenvalue weighted by atomic mass is 10.3. The largest absolute Gasteiger partial charge is 0.393 e. The highest BCUT2D eigenvalue weighted by molar-refractivity contribution is 9.10. The second-order valence-electron chi connectivity index (χ2n) is 3.20. The number of thiophene rings is 1. The van der Waals surface area contributed by atoms with E-state index in [4.69, 9.17) is 18.0 Å². The molecule has 0 aromatic carbocycles. The van der Waals surface area contributed by atoms with Crippen molar-refractivity contribution >= 4 is 50.4 Å². The first kappa shape index (κ1) is 13.6. The maximum absolute atomic E-state index is 12.1. The van der Waals surface area contributed by atoms with E-state index in [1.807, 2.05) is 18.4 Å². The van der Waals surface area contributed by atoms with Crippen molar-refractivity contribution < 1.29 is 4.79 Å². The summed E-state index contributed by atoms with van der Waals surface area (Å²) in [6.45, 7) is 3.18. The predicted molar refractivity (Wildman–Crippen MR) is 75.0 cm³/mol. The molecule has 16 heavy (non-hydrogen) atoms. The minimum absolute atomic E-state index is 0.0284. The molecule has 3 nitrogen and oxygen atoms in total. The molecule has 0 atom stereocenters. The zero-order chi connectivity index (χ0) is 12.1. The first-order valence-corrected chi connectivity index (χ1v) is 6.95. The van der Waals surface area contributed by atoms with Crippen molar-refractivity contribution in [1.82, 2.24) is 4.90 Å². The first-order valence-electron chi connectivity index (χ1n) is 4.86. The lowest BCUT2D eigenvalue weighted by Crippen LogP contribution is -2.33. The van der Waals surface area contributed by atoms with Crippen LogP contribution in [0, 0.1) is 0 Å². The molecule has 1 aromatic heterocycles. The molecule has 0 spiro atoms. The van der Waals surface area contributed by atoms with Crippen molar-refractivity contribution in [2.24, 2.45) is 5.73 Å². The van der Waals surface area contributed by atoms with Gasteiger partial charge in [0, 0.05) is 24.0 Å². The van der Waals surface area contributed by atoms with Crippen LogP contribution in [0.3, 0.4) is 0 Å². The molecule has 0 aliphatic rings. The van der Waals surface area contributed by atoms with Crippen LogP contribution in [-0.4, -0.2) is 28.9 Å². The molecular weight excluding hydrogens is 308 g/mol. The third-order valence-electron chi connectivity index (χ3n) is 2.11. The number of thiocarbonyl (C=S) groups is 1. The van der Waals surface area contributed by atoms with E-state index in [1.165, 1.54) is 11.3 Å². The second-order valence-corrected chi connectivity index (χ2v) is 5.49. The maximum Gasteiger partial charge on any atom is 0.265 e. The Hall–Kier alpha value is -0.460. The quantitative estimate of drug-likeness (QED) is 0.848. The molecule has 1 aromatic rings. The number of hydrogen-bond donors (Lipinski definition) is 1. The topological polar surface area (TPSA) is 46.3 Å². The number of nitrogens with two attached hydrogens (primary N) is 1. The van der Waals surface area contributed by atoms with E-state index in [2.05, 4.69) is 15.9 Å². The van der Waals surface area contributed by atoms with Gasteiger partial charge in [-0.25, -0.2) is 0 Å². The van der Waals surface area contributed by atoms with E-state index < -0.39 is 0 Å². The average molecular weight is 321 g/mol. The lowest BCUT2D eigenvalue weighted by Gasteiger charge is -2.19. The summed E-state index contributed by atoms with van der Waals surface area (Å²) in [5.41, 5.74) is 5.43. The number of halogens is 1. The monoisotopic (exact) mass is 320 g/mol. The van der Waals surface area contributed by atoms with Crippen molar-refractivity contribution in [2.75, 3.05) is 13.1 Å². The zero-order valence-electron chi connectivity index (χ0n) is 8.90. The molecule has 0 saturated heterocycles. The molecule has 6 heteroatoms. The standard InChI is InChI=1S/C10H13BrN2OS2/c1-2-13(5-3-8(12)15)10(14)9-7(11)4-6-16-9/h4,6H,2-3,5H2,1H3,(H2,12,15). The van der Waals surface area contributed by atoms with E-state index in [1.54, 1.807) is 4.90 Å². The Morgan fingerprint density at radius 3 is 2.81 bits per heavy atom. The Morgan fingerprint density at radius 2 is 2.38 bits per heavy atom. The molecule has 88 valence electrons. The minimum Gasteiger partial charge on any atom is -0.393 e. The smallest absolute Gasteiger partial charge is 0.265 e. The van der Waals surface area contributed by atoms with Crippen LogP contribution in [0.4, 0.5) is 0 Å². The van der Waals surface area contributed by atoms with E-state index in [-0.39, 0.29) is 5.91 Å². The van der Waals surface area contributed by atoms with Gasteiger partial charge in [-0.05, 0) is 34.3 Å². The van der Waals surface area contributed by atoms with E-state index in [0.717, 1.165) is 9.35 Å². The van der Waals surface area contributed by atoms with E-state index in [0.29, 0.717) is 24.5 Å². The predicted octanol–water partition coefficient (Wildman–Crippen LogP) is 2.65. The molecule has 1 amide bonds. The molecule has 0 fully saturated rings. The Labute approximate surface area is 113 Å². The van der Waals surface area contributed by atoms with E-state index >= 15 is 0 Å². The van der Waals surface area contributed by atoms with Gasteiger partial charge in [-0.3, -0.25) is 4.79 Å². The molecule has 0 unspecified atom stereocenters. The molecule has 1 heterocycles. The van der Waals surface area contributed by atoms with Gasteiger partial charge in [0.15, 0.2) is 0 Å². The zero-order valence-corrected chi connectivity index (χ0v) is 12.1. The first-order chi connectivity index (χ1) is 7.56. The highest BCUT2D eigenvalue weighted by Gasteiger charge is 2.17. The summed E-state index contributed by atoms with van der Waals surface area (Å²) in [6.07, 6.45) is 0.567. The number of nitrogens with zero attached hydrogens (tertiary/aromatic N) is 1. The summed E-state index contributed by atoms with van der Waals surface area (Å²) in [5.74, 6) is 0.0284. The third-order valence-corrected chi connectivity index (χ3v) is 4.14. The Balaban J connectivity index is 2.70. The van der Waals surface area contributed by atoms with Crippen molar-refractivity contribution in [1.29, 1.82) is 0 Å². The van der Waals surface area contributed by atoms with Gasteiger partial charge in [-0.1, -0.05) is 12.2 Å². The summed E-state index contributed by atoms with van der Waals surface area (Å²) >= 11 is 9.60. The van der Waals surface area contributed by atoms with E-state index in [9.17, 15) is 4.79 Å². The second kappa shape index (κ2) is 6.32. The van der Waals surface area contributed by atoms with Crippen LogP contribution in [-0.2, 0) is 0 Å². The SMILES string of the molecule is CCN(CCC(N)=S)C(=O)c1sccc1Br. The normalized spacial score (nSPS) is 10.1. The fourth-order valence-corrected chi connectivity index (χ4v) is 2.84. The minimum atomic E-state index is 0.0284. The molecule has 0 aliphatic heterocycles. The molecule has 0 radical (unpaired) electrons. The highest BCUT2D eigenvalue weighted by atomic mass is 79.9. The van der Waals surface area contributed by atoms with Gasteiger partial charge in [0.05, 0.1) is 4.99 Å². The van der Waals surface area contributed by atoms with Crippen LogP contribution < -0.4 is 5.73 Å². The van der Waals surface area contributed by atoms with Crippen LogP contribution in [0.15, 0.2) is 15.9 Å². The molecule has 0 aliphatic carbocycles. The summed E-state index contributed by atoms with van der Waals surface area (Å²) < 4.78 is 0.844. The van der Waals surface area contributed by atoms with Crippen molar-refractivity contribution in [3.63, 3.8) is 0 Å². The summed E-state index contributed by atoms with van der Waals surface area (Å²) in [6, 6.07) is 1.87. The molecule has 0 saturated carbocycles. The fourth-order valence-electron chi connectivity index (χ4n) is 1.24. The number of carbonyl (C=O) groups is 1. The Morgan fingerprint density at radius 1 is 1.69 bits per heavy atom. The third kappa shape index (κ3) is 3.54. The number of hydrogen-bond acceptors (Lipinski definition) is 3. The van der Waals surface area contributed by atoms with Crippen molar-refractivity contribution in [2.45, 2.75) is 13.3 Å². The number of amides is 1. The molecular formula is C10H13BrN2OS2. The summed E-state index contributed by atoms with van der Waals surface area (Å²) in [7, 11) is 0. The lowest BCUT2D eigenvalue weighted by molar-refractivity contribution is 0.0773. The summed E-state index contributed by atoms with van der Waals surface area (Å²) in [4.78, 5) is 15.0. The van der Waals surface area contributed by atoms with Gasteiger partial charge in [0.25, 0.3) is 5.91 Å². The number of carbonyl (C=O) groups excluding carboxylic acids is 1. The number of rotatable bonds is 5. The van der Waals surface area contributed by atoms with Gasteiger partial charge in [-0.2, -0.15) is 0 Å². The van der Waals surface area contributed by atoms with Gasteiger partial charge in [0.1, 0.15) is 4.88 Å². The molecule has 1 rings (SSSR count). The van der Waals surface area contributed by atoms with Gasteiger partial charge in [-0.15, -0.1) is 11.3 Å². The highest BCUT2D eigenvalue weighted by Crippen LogP contribution is 2.24. The van der Waals surface area contributed by atoms with Crippen LogP contribution in [0.25, 0.3) is 0 Å². The van der Waals surface area contributed by atoms with Crippen LogP contribution in [0.2, 0.25) is 0 Å². The summed E-state index contributed by atoms with van der Waals surface area (Å²) in [5, 5.41) is 1.89. The van der Waals surface area contributed by atoms with Gasteiger partial charge >= 0.3 is 0 Å². The van der Waals surface area contributed by atoms with Crippen LogP contribution in [0.1, 0.15) is 23.0 Å². The molecule has 0 bridgehead atoms. The Bertz CT molecular complexity index is 392. The van der Waals surface area contributed by atoms with Crippen LogP contribution in [0.5, 0.6) is 0 Å². The van der Waals surface area contributed by atoms with Gasteiger partial charge < -0.3 is 10.6 Å². The van der Waals surface area contributed by atoms with Crippen LogP contribution >= 0.6 is 39.5 Å².